The molecule has 0 aromatic heterocycles. The van der Waals surface area contributed by atoms with Crippen LogP contribution in [0.25, 0.3) is 0 Å². The van der Waals surface area contributed by atoms with E-state index in [4.69, 9.17) is 23.2 Å². The zero-order valence-corrected chi connectivity index (χ0v) is 14.6. The lowest BCUT2D eigenvalue weighted by atomic mass is 9.91. The molecule has 0 aliphatic heterocycles. The van der Waals surface area contributed by atoms with Gasteiger partial charge in [0.1, 0.15) is 5.41 Å². The molecule has 1 aromatic rings. The fourth-order valence-corrected chi connectivity index (χ4v) is 2.28. The first-order valence-electron chi connectivity index (χ1n) is 7.34. The molecular weight excluding hydrogens is 323 g/mol. The van der Waals surface area contributed by atoms with Crippen molar-refractivity contribution in [3.8, 4) is 0 Å². The van der Waals surface area contributed by atoms with Gasteiger partial charge in [0.25, 0.3) is 0 Å². The molecule has 0 radical (unpaired) electrons. The van der Waals surface area contributed by atoms with E-state index >= 15 is 0 Å². The number of amides is 2. The van der Waals surface area contributed by atoms with E-state index in [1.54, 1.807) is 32.0 Å². The molecule has 1 rings (SSSR count). The normalized spacial score (nSPS) is 11.1. The molecule has 0 aliphatic carbocycles. The van der Waals surface area contributed by atoms with Crippen LogP contribution in [-0.2, 0) is 9.59 Å². The van der Waals surface area contributed by atoms with E-state index in [0.717, 1.165) is 19.3 Å². The Morgan fingerprint density at radius 1 is 1.09 bits per heavy atom. The van der Waals surface area contributed by atoms with Crippen LogP contribution in [0.3, 0.4) is 0 Å². The van der Waals surface area contributed by atoms with Crippen molar-refractivity contribution in [1.29, 1.82) is 0 Å². The predicted octanol–water partition coefficient (Wildman–Crippen LogP) is 4.26. The van der Waals surface area contributed by atoms with Crippen molar-refractivity contribution in [2.24, 2.45) is 5.41 Å². The van der Waals surface area contributed by atoms with Gasteiger partial charge in [-0.25, -0.2) is 0 Å². The summed E-state index contributed by atoms with van der Waals surface area (Å²) in [6, 6.07) is 4.94. The number of hydrogen-bond acceptors (Lipinski definition) is 2. The monoisotopic (exact) mass is 344 g/mol. The third-order valence-electron chi connectivity index (χ3n) is 3.40. The first-order chi connectivity index (χ1) is 10.3. The summed E-state index contributed by atoms with van der Waals surface area (Å²) in [6.07, 6.45) is 3.02. The maximum atomic E-state index is 12.4. The minimum absolute atomic E-state index is 0.315. The Morgan fingerprint density at radius 2 is 1.68 bits per heavy atom. The lowest BCUT2D eigenvalue weighted by Gasteiger charge is -2.23. The first kappa shape index (κ1) is 18.8. The van der Waals surface area contributed by atoms with Gasteiger partial charge >= 0.3 is 0 Å². The maximum Gasteiger partial charge on any atom is 0.239 e. The average molecular weight is 345 g/mol. The highest BCUT2D eigenvalue weighted by atomic mass is 35.5. The summed E-state index contributed by atoms with van der Waals surface area (Å²) in [5, 5.41) is 6.09. The molecule has 0 heterocycles. The third-order valence-corrected chi connectivity index (χ3v) is 4.03. The Kier molecular flexibility index (Phi) is 7.17. The van der Waals surface area contributed by atoms with Crippen molar-refractivity contribution < 1.29 is 9.59 Å². The van der Waals surface area contributed by atoms with Gasteiger partial charge in [-0.1, -0.05) is 49.0 Å². The molecule has 22 heavy (non-hydrogen) atoms. The predicted molar refractivity (Wildman–Crippen MR) is 91.4 cm³/mol. The van der Waals surface area contributed by atoms with Gasteiger partial charge in [-0.2, -0.15) is 0 Å². The Balaban J connectivity index is 2.71. The van der Waals surface area contributed by atoms with E-state index in [9.17, 15) is 9.59 Å². The van der Waals surface area contributed by atoms with Crippen molar-refractivity contribution in [3.05, 3.63) is 28.2 Å². The SMILES string of the molecule is CCCCCNC(=O)C(C)(C)C(=O)Nc1c(Cl)cccc1Cl. The summed E-state index contributed by atoms with van der Waals surface area (Å²) in [5.74, 6) is -0.764. The van der Waals surface area contributed by atoms with E-state index in [1.165, 1.54) is 0 Å². The molecule has 122 valence electrons. The molecule has 1 aromatic carbocycles. The van der Waals surface area contributed by atoms with Crippen LogP contribution < -0.4 is 10.6 Å². The number of rotatable bonds is 7. The van der Waals surface area contributed by atoms with Crippen LogP contribution in [0.15, 0.2) is 18.2 Å². The molecule has 0 spiro atoms. The van der Waals surface area contributed by atoms with Gasteiger partial charge in [-0.15, -0.1) is 0 Å². The van der Waals surface area contributed by atoms with E-state index in [-0.39, 0.29) is 5.91 Å². The standard InChI is InChI=1S/C16H22Cl2N2O2/c1-4-5-6-10-19-14(21)16(2,3)15(22)20-13-11(17)8-7-9-12(13)18/h7-9H,4-6,10H2,1-3H3,(H,19,21)(H,20,22). The van der Waals surface area contributed by atoms with Crippen molar-refractivity contribution >= 4 is 40.7 Å². The lowest BCUT2D eigenvalue weighted by Crippen LogP contribution is -2.45. The number of anilines is 1. The van der Waals surface area contributed by atoms with Crippen LogP contribution in [0, 0.1) is 5.41 Å². The van der Waals surface area contributed by atoms with Gasteiger partial charge in [0.2, 0.25) is 11.8 Å². The zero-order chi connectivity index (χ0) is 16.8. The van der Waals surface area contributed by atoms with E-state index in [2.05, 4.69) is 17.6 Å². The van der Waals surface area contributed by atoms with Gasteiger partial charge in [0, 0.05) is 6.54 Å². The molecule has 2 amide bonds. The number of halogens is 2. The highest BCUT2D eigenvalue weighted by Crippen LogP contribution is 2.31. The number of carbonyl (C=O) groups is 2. The molecule has 0 aliphatic rings. The summed E-state index contributed by atoms with van der Waals surface area (Å²) >= 11 is 12.0. The number of nitrogens with one attached hydrogen (secondary N) is 2. The molecule has 0 saturated heterocycles. The quantitative estimate of drug-likeness (QED) is 0.573. The fraction of sp³-hybridized carbons (Fsp3) is 0.500. The van der Waals surface area contributed by atoms with Gasteiger partial charge in [-0.05, 0) is 32.4 Å². The minimum Gasteiger partial charge on any atom is -0.355 e. The van der Waals surface area contributed by atoms with Gasteiger partial charge < -0.3 is 10.6 Å². The second-order valence-corrected chi connectivity index (χ2v) is 6.45. The smallest absolute Gasteiger partial charge is 0.239 e. The second kappa shape index (κ2) is 8.39. The van der Waals surface area contributed by atoms with Crippen LogP contribution in [-0.4, -0.2) is 18.4 Å². The van der Waals surface area contributed by atoms with Crippen LogP contribution >= 0.6 is 23.2 Å². The second-order valence-electron chi connectivity index (χ2n) is 5.64. The topological polar surface area (TPSA) is 58.2 Å². The van der Waals surface area contributed by atoms with Gasteiger partial charge in [-0.3, -0.25) is 9.59 Å². The summed E-state index contributed by atoms with van der Waals surface area (Å²) in [6.45, 7) is 5.80. The average Bonchev–Trinajstić information content (AvgIpc) is 2.47. The Morgan fingerprint density at radius 3 is 2.23 bits per heavy atom. The largest absolute Gasteiger partial charge is 0.355 e. The molecule has 0 bridgehead atoms. The van der Waals surface area contributed by atoms with E-state index < -0.39 is 11.3 Å². The number of unbranched alkanes of at least 4 members (excludes halogenated alkanes) is 2. The summed E-state index contributed by atoms with van der Waals surface area (Å²) < 4.78 is 0. The van der Waals surface area contributed by atoms with Crippen molar-refractivity contribution in [2.75, 3.05) is 11.9 Å². The molecule has 4 nitrogen and oxygen atoms in total. The zero-order valence-electron chi connectivity index (χ0n) is 13.1. The Labute approximate surface area is 141 Å². The van der Waals surface area contributed by atoms with Crippen molar-refractivity contribution in [3.63, 3.8) is 0 Å². The van der Waals surface area contributed by atoms with E-state index in [0.29, 0.717) is 22.3 Å². The van der Waals surface area contributed by atoms with Crippen molar-refractivity contribution in [2.45, 2.75) is 40.0 Å². The lowest BCUT2D eigenvalue weighted by molar-refractivity contribution is -0.138. The molecule has 0 saturated carbocycles. The molecule has 0 unspecified atom stereocenters. The van der Waals surface area contributed by atoms with Crippen LogP contribution in [0.4, 0.5) is 5.69 Å². The van der Waals surface area contributed by atoms with Crippen LogP contribution in [0.5, 0.6) is 0 Å². The molecular formula is C16H22Cl2N2O2. The van der Waals surface area contributed by atoms with Gasteiger partial charge in [0.05, 0.1) is 15.7 Å². The van der Waals surface area contributed by atoms with Crippen LogP contribution in [0.2, 0.25) is 10.0 Å². The van der Waals surface area contributed by atoms with Crippen molar-refractivity contribution in [1.82, 2.24) is 5.32 Å². The highest BCUT2D eigenvalue weighted by molar-refractivity contribution is 6.40. The number of benzene rings is 1. The van der Waals surface area contributed by atoms with Gasteiger partial charge in [0.15, 0.2) is 0 Å². The fourth-order valence-electron chi connectivity index (χ4n) is 1.79. The van der Waals surface area contributed by atoms with Crippen LogP contribution in [0.1, 0.15) is 40.0 Å². The number of carbonyl (C=O) groups excluding carboxylic acids is 2. The summed E-state index contributed by atoms with van der Waals surface area (Å²) in [4.78, 5) is 24.6. The molecule has 0 fully saturated rings. The first-order valence-corrected chi connectivity index (χ1v) is 8.10. The minimum atomic E-state index is -1.21. The number of hydrogen-bond donors (Lipinski definition) is 2. The molecule has 6 heteroatoms. The molecule has 2 N–H and O–H groups in total. The maximum absolute atomic E-state index is 12.4. The highest BCUT2D eigenvalue weighted by Gasteiger charge is 2.36. The summed E-state index contributed by atoms with van der Waals surface area (Å²) in [5.41, 5.74) is -0.892. The third kappa shape index (κ3) is 4.89. The summed E-state index contributed by atoms with van der Waals surface area (Å²) in [7, 11) is 0. The Hall–Kier alpha value is -1.26. The van der Waals surface area contributed by atoms with E-state index in [1.807, 2.05) is 0 Å². The number of para-hydroxylation sites is 1. The Bertz CT molecular complexity index is 525. The molecule has 0 atom stereocenters.